The molecular formula is C23H20N6O3. The van der Waals surface area contributed by atoms with Crippen molar-refractivity contribution in [2.45, 2.75) is 31.3 Å². The fraction of sp³-hybridized carbons (Fsp3) is 0.261. The van der Waals surface area contributed by atoms with E-state index in [2.05, 4.69) is 21.6 Å². The van der Waals surface area contributed by atoms with Crippen LogP contribution < -0.4 is 10.9 Å². The van der Waals surface area contributed by atoms with Crippen LogP contribution in [0, 0.1) is 0 Å². The second-order valence-corrected chi connectivity index (χ2v) is 8.48. The van der Waals surface area contributed by atoms with Crippen LogP contribution in [0.1, 0.15) is 23.4 Å². The van der Waals surface area contributed by atoms with Gasteiger partial charge in [0.1, 0.15) is 5.54 Å². The Bertz CT molecular complexity index is 1500. The molecule has 2 aliphatic rings. The van der Waals surface area contributed by atoms with E-state index in [9.17, 15) is 14.4 Å². The average Bonchev–Trinajstić information content (AvgIpc) is 3.33. The molecule has 1 atom stereocenters. The van der Waals surface area contributed by atoms with Crippen molar-refractivity contribution in [2.75, 3.05) is 0 Å². The normalized spacial score (nSPS) is 20.3. The summed E-state index contributed by atoms with van der Waals surface area (Å²) in [5.74, 6) is 0.531. The lowest BCUT2D eigenvalue weighted by molar-refractivity contribution is -0.132. The summed E-state index contributed by atoms with van der Waals surface area (Å²) in [7, 11) is 1.63. The molecule has 32 heavy (non-hydrogen) atoms. The van der Waals surface area contributed by atoms with Crippen LogP contribution in [0.25, 0.3) is 16.7 Å². The minimum atomic E-state index is -0.930. The van der Waals surface area contributed by atoms with Gasteiger partial charge in [0.05, 0.1) is 17.4 Å². The molecule has 0 radical (unpaired) electrons. The molecule has 1 aliphatic carbocycles. The number of hydrogen-bond acceptors (Lipinski definition) is 5. The number of hydrogen-bond donors (Lipinski definition) is 1. The molecule has 1 saturated heterocycles. The minimum Gasteiger partial charge on any atom is -0.323 e. The van der Waals surface area contributed by atoms with E-state index in [0.717, 1.165) is 12.0 Å². The number of amides is 3. The van der Waals surface area contributed by atoms with Crippen LogP contribution in [0.15, 0.2) is 53.3 Å². The van der Waals surface area contributed by atoms with Gasteiger partial charge in [-0.3, -0.25) is 23.5 Å². The lowest BCUT2D eigenvalue weighted by Gasteiger charge is -2.32. The number of para-hydroxylation sites is 1. The van der Waals surface area contributed by atoms with Crippen LogP contribution in [0.5, 0.6) is 0 Å². The predicted molar refractivity (Wildman–Crippen MR) is 116 cm³/mol. The van der Waals surface area contributed by atoms with Gasteiger partial charge in [-0.2, -0.15) is 0 Å². The number of aromatic nitrogens is 4. The number of nitrogens with one attached hydrogen (secondary N) is 1. The van der Waals surface area contributed by atoms with Crippen molar-refractivity contribution in [3.05, 3.63) is 75.8 Å². The third-order valence-electron chi connectivity index (χ3n) is 6.67. The van der Waals surface area contributed by atoms with Crippen LogP contribution in [0.3, 0.4) is 0 Å². The van der Waals surface area contributed by atoms with Crippen molar-refractivity contribution < 1.29 is 9.59 Å². The summed E-state index contributed by atoms with van der Waals surface area (Å²) < 4.78 is 3.16. The smallest absolute Gasteiger partial charge is 0.323 e. The van der Waals surface area contributed by atoms with E-state index in [1.54, 1.807) is 23.6 Å². The van der Waals surface area contributed by atoms with Gasteiger partial charge in [-0.15, -0.1) is 10.2 Å². The van der Waals surface area contributed by atoms with Crippen molar-refractivity contribution in [1.82, 2.24) is 29.4 Å². The largest absolute Gasteiger partial charge is 0.325 e. The molecule has 6 rings (SSSR count). The first-order valence-electron chi connectivity index (χ1n) is 10.5. The summed E-state index contributed by atoms with van der Waals surface area (Å²) in [6.45, 7) is -0.0303. The fourth-order valence-electron chi connectivity index (χ4n) is 4.98. The number of rotatable bonds is 2. The minimum absolute atomic E-state index is 0.0303. The zero-order valence-corrected chi connectivity index (χ0v) is 17.4. The molecule has 3 amide bonds. The second-order valence-electron chi connectivity index (χ2n) is 8.48. The molecule has 0 bridgehead atoms. The summed E-state index contributed by atoms with van der Waals surface area (Å²) in [6, 6.07) is 14.8. The van der Waals surface area contributed by atoms with Gasteiger partial charge in [0.2, 0.25) is 5.78 Å². The van der Waals surface area contributed by atoms with Gasteiger partial charge in [0.15, 0.2) is 5.82 Å². The van der Waals surface area contributed by atoms with Crippen molar-refractivity contribution in [3.8, 4) is 0 Å². The van der Waals surface area contributed by atoms with E-state index in [-0.39, 0.29) is 18.0 Å². The molecule has 4 aromatic rings. The number of imide groups is 1. The maximum absolute atomic E-state index is 13.5. The lowest BCUT2D eigenvalue weighted by Crippen LogP contribution is -2.51. The van der Waals surface area contributed by atoms with Crippen LogP contribution in [-0.4, -0.2) is 41.5 Å². The molecule has 3 heterocycles. The molecule has 160 valence electrons. The first-order valence-corrected chi connectivity index (χ1v) is 10.5. The number of aryl methyl sites for hydroxylation is 2. The average molecular weight is 428 g/mol. The highest BCUT2D eigenvalue weighted by molar-refractivity contribution is 6.07. The summed E-state index contributed by atoms with van der Waals surface area (Å²) in [6.07, 6.45) is 1.77. The Kier molecular flexibility index (Phi) is 3.80. The molecule has 2 aromatic heterocycles. The molecule has 1 unspecified atom stereocenters. The van der Waals surface area contributed by atoms with Crippen LogP contribution in [0.4, 0.5) is 4.79 Å². The molecular weight excluding hydrogens is 408 g/mol. The van der Waals surface area contributed by atoms with Gasteiger partial charge in [0, 0.05) is 13.5 Å². The topological polar surface area (TPSA) is 102 Å². The number of urea groups is 1. The summed E-state index contributed by atoms with van der Waals surface area (Å²) in [5, 5.41) is 11.9. The zero-order valence-electron chi connectivity index (χ0n) is 17.4. The Labute approximate surface area is 182 Å². The van der Waals surface area contributed by atoms with Gasteiger partial charge >= 0.3 is 6.03 Å². The first kappa shape index (κ1) is 18.7. The SMILES string of the molecule is Cn1c(=O)c2ccccc2n2c(CN3C(=O)NC4(CCc5ccccc5C4)C3=O)nnc12. The van der Waals surface area contributed by atoms with E-state index >= 15 is 0 Å². The molecule has 9 nitrogen and oxygen atoms in total. The van der Waals surface area contributed by atoms with E-state index in [1.165, 1.54) is 15.0 Å². The van der Waals surface area contributed by atoms with Crippen LogP contribution >= 0.6 is 0 Å². The molecule has 1 N–H and O–H groups in total. The van der Waals surface area contributed by atoms with Crippen molar-refractivity contribution in [3.63, 3.8) is 0 Å². The summed E-state index contributed by atoms with van der Waals surface area (Å²) in [4.78, 5) is 40.2. The maximum Gasteiger partial charge on any atom is 0.325 e. The Hall–Kier alpha value is -4.01. The standard InChI is InChI=1S/C23H20N6O3/c1-27-19(30)16-8-4-5-9-17(16)29-18(25-26-21(27)29)13-28-20(31)23(24-22(28)32)11-10-14-6-2-3-7-15(14)12-23/h2-9H,10-13H2,1H3,(H,24,32). The molecule has 0 saturated carbocycles. The van der Waals surface area contributed by atoms with Gasteiger partial charge in [0.25, 0.3) is 11.5 Å². The predicted octanol–water partition coefficient (Wildman–Crippen LogP) is 1.56. The second kappa shape index (κ2) is 6.49. The quantitative estimate of drug-likeness (QED) is 0.488. The molecule has 9 heteroatoms. The van der Waals surface area contributed by atoms with Gasteiger partial charge in [-0.1, -0.05) is 36.4 Å². The highest BCUT2D eigenvalue weighted by atomic mass is 16.2. The maximum atomic E-state index is 13.5. The van der Waals surface area contributed by atoms with E-state index in [0.29, 0.717) is 35.3 Å². The molecule has 1 fully saturated rings. The Morgan fingerprint density at radius 3 is 2.59 bits per heavy atom. The van der Waals surface area contributed by atoms with Gasteiger partial charge in [-0.05, 0) is 36.1 Å². The first-order chi connectivity index (χ1) is 15.5. The molecule has 2 aromatic carbocycles. The van der Waals surface area contributed by atoms with Gasteiger partial charge in [-0.25, -0.2) is 4.79 Å². The highest BCUT2D eigenvalue weighted by Crippen LogP contribution is 2.34. The highest BCUT2D eigenvalue weighted by Gasteiger charge is 2.52. The molecule has 1 spiro atoms. The van der Waals surface area contributed by atoms with Crippen molar-refractivity contribution in [1.29, 1.82) is 0 Å². The number of carbonyl (C=O) groups excluding carboxylic acids is 2. The third kappa shape index (κ3) is 2.47. The van der Waals surface area contributed by atoms with Crippen LogP contribution in [-0.2, 0) is 31.2 Å². The Morgan fingerprint density at radius 2 is 1.75 bits per heavy atom. The summed E-state index contributed by atoms with van der Waals surface area (Å²) in [5.41, 5.74) is 1.83. The Balaban J connectivity index is 1.41. The zero-order chi connectivity index (χ0) is 22.0. The van der Waals surface area contributed by atoms with Crippen molar-refractivity contribution in [2.24, 2.45) is 7.05 Å². The number of benzene rings is 2. The summed E-state index contributed by atoms with van der Waals surface area (Å²) >= 11 is 0. The van der Waals surface area contributed by atoms with Crippen LogP contribution in [0.2, 0.25) is 0 Å². The number of carbonyl (C=O) groups is 2. The number of fused-ring (bicyclic) bond motifs is 4. The third-order valence-corrected chi connectivity index (χ3v) is 6.67. The monoisotopic (exact) mass is 428 g/mol. The van der Waals surface area contributed by atoms with E-state index in [1.807, 2.05) is 30.3 Å². The van der Waals surface area contributed by atoms with E-state index < -0.39 is 11.6 Å². The number of nitrogens with zero attached hydrogens (tertiary/aromatic N) is 5. The Morgan fingerprint density at radius 1 is 1.00 bits per heavy atom. The molecule has 1 aliphatic heterocycles. The van der Waals surface area contributed by atoms with Crippen molar-refractivity contribution >= 4 is 28.6 Å². The lowest BCUT2D eigenvalue weighted by atomic mass is 9.78. The fourth-order valence-corrected chi connectivity index (χ4v) is 4.98. The van der Waals surface area contributed by atoms with Gasteiger partial charge < -0.3 is 5.32 Å². The van der Waals surface area contributed by atoms with E-state index in [4.69, 9.17) is 0 Å².